The summed E-state index contributed by atoms with van der Waals surface area (Å²) in [6.07, 6.45) is 17.0. The molecular formula is C33H47N5O3. The van der Waals surface area contributed by atoms with Crippen molar-refractivity contribution in [3.63, 3.8) is 0 Å². The van der Waals surface area contributed by atoms with Crippen LogP contribution in [-0.4, -0.2) is 42.8 Å². The van der Waals surface area contributed by atoms with Gasteiger partial charge in [-0.2, -0.15) is 5.26 Å². The van der Waals surface area contributed by atoms with Gasteiger partial charge in [-0.05, 0) is 80.8 Å². The Bertz CT molecular complexity index is 1210. The third-order valence-electron chi connectivity index (χ3n) is 7.82. The number of allylic oxidation sites excluding steroid dienone is 1. The molecule has 0 spiro atoms. The molecule has 2 aromatic rings. The Hall–Kier alpha value is -3.70. The molecule has 222 valence electrons. The Morgan fingerprint density at radius 1 is 1.10 bits per heavy atom. The monoisotopic (exact) mass is 561 g/mol. The summed E-state index contributed by atoms with van der Waals surface area (Å²) in [6.45, 7) is 4.03. The molecule has 2 saturated carbocycles. The van der Waals surface area contributed by atoms with Gasteiger partial charge in [-0.25, -0.2) is 4.98 Å². The fourth-order valence-corrected chi connectivity index (χ4v) is 5.46. The number of pyridine rings is 1. The van der Waals surface area contributed by atoms with Gasteiger partial charge in [0.15, 0.2) is 0 Å². The molecular weight excluding hydrogens is 514 g/mol. The molecule has 1 amide bonds. The fraction of sp³-hybridized carbons (Fsp3) is 0.515. The van der Waals surface area contributed by atoms with Crippen molar-refractivity contribution in [2.45, 2.75) is 90.0 Å². The molecule has 0 radical (unpaired) electrons. The lowest BCUT2D eigenvalue weighted by atomic mass is 9.83. The highest BCUT2D eigenvalue weighted by Gasteiger charge is 2.25. The lowest BCUT2D eigenvalue weighted by Crippen LogP contribution is -2.34. The van der Waals surface area contributed by atoms with Crippen molar-refractivity contribution in [2.24, 2.45) is 16.6 Å². The number of nitrogens with zero attached hydrogens (tertiary/aromatic N) is 4. The van der Waals surface area contributed by atoms with Gasteiger partial charge in [-0.15, -0.1) is 0 Å². The minimum Gasteiger partial charge on any atom is -0.495 e. The molecule has 0 bridgehead atoms. The van der Waals surface area contributed by atoms with Crippen molar-refractivity contribution in [1.82, 2.24) is 4.98 Å². The van der Waals surface area contributed by atoms with Gasteiger partial charge in [0.05, 0.1) is 12.7 Å². The third kappa shape index (κ3) is 9.72. The van der Waals surface area contributed by atoms with Crippen LogP contribution < -0.4 is 15.4 Å². The van der Waals surface area contributed by atoms with Gasteiger partial charge in [-0.1, -0.05) is 44.6 Å². The standard InChI is InChI=1S/C19H28N4O.C14H17NO.H2O/c1-14(2)22-13-17(12-20)16-9-10-21-18(11-16)23(3)19(24)15-7-5-4-6-8-15;1-16-14-8-7-12(9-13(14)10-15)11-5-3-2-4-6-11;/h9-15H,4-8,20H2,1-3H3;7-9,11H,2-6H2,1H3;1H2/b17-12+,22-13?;;. The van der Waals surface area contributed by atoms with Gasteiger partial charge >= 0.3 is 0 Å². The Labute approximate surface area is 245 Å². The number of anilines is 1. The van der Waals surface area contributed by atoms with E-state index in [4.69, 9.17) is 15.7 Å². The number of carbonyl (C=O) groups is 1. The zero-order valence-electron chi connectivity index (χ0n) is 25.1. The second kappa shape index (κ2) is 17.2. The van der Waals surface area contributed by atoms with Gasteiger partial charge in [-0.3, -0.25) is 14.7 Å². The molecule has 0 atom stereocenters. The summed E-state index contributed by atoms with van der Waals surface area (Å²) in [5, 5.41) is 9.04. The van der Waals surface area contributed by atoms with Gasteiger partial charge in [0.1, 0.15) is 17.6 Å². The van der Waals surface area contributed by atoms with E-state index in [1.54, 1.807) is 31.5 Å². The number of aromatic nitrogens is 1. The van der Waals surface area contributed by atoms with Crippen LogP contribution in [0.3, 0.4) is 0 Å². The molecule has 1 heterocycles. The van der Waals surface area contributed by atoms with Crippen LogP contribution in [0, 0.1) is 17.2 Å². The summed E-state index contributed by atoms with van der Waals surface area (Å²) in [5.74, 6) is 2.27. The first-order valence-electron chi connectivity index (χ1n) is 14.6. The van der Waals surface area contributed by atoms with E-state index in [0.29, 0.717) is 23.0 Å². The largest absolute Gasteiger partial charge is 0.495 e. The number of aliphatic imine (C=N–C) groups is 1. The Morgan fingerprint density at radius 2 is 1.76 bits per heavy atom. The highest BCUT2D eigenvalue weighted by Crippen LogP contribution is 2.34. The highest BCUT2D eigenvalue weighted by molar-refractivity contribution is 6.10. The number of nitrogens with two attached hydrogens (primary N) is 1. The average Bonchev–Trinajstić information content (AvgIpc) is 3.01. The van der Waals surface area contributed by atoms with E-state index in [2.05, 4.69) is 22.1 Å². The molecule has 41 heavy (non-hydrogen) atoms. The number of hydrogen-bond acceptors (Lipinski definition) is 6. The first-order chi connectivity index (χ1) is 19.4. The number of amides is 1. The van der Waals surface area contributed by atoms with Crippen molar-refractivity contribution in [2.75, 3.05) is 19.1 Å². The van der Waals surface area contributed by atoms with Crippen LogP contribution >= 0.6 is 0 Å². The van der Waals surface area contributed by atoms with Crippen molar-refractivity contribution in [3.05, 3.63) is 59.4 Å². The van der Waals surface area contributed by atoms with Crippen LogP contribution in [0.15, 0.2) is 47.7 Å². The molecule has 8 nitrogen and oxygen atoms in total. The van der Waals surface area contributed by atoms with Crippen molar-refractivity contribution in [1.29, 1.82) is 5.26 Å². The molecule has 2 aliphatic rings. The quantitative estimate of drug-likeness (QED) is 0.402. The molecule has 0 aliphatic heterocycles. The predicted molar refractivity (Wildman–Crippen MR) is 167 cm³/mol. The normalized spacial score (nSPS) is 16.3. The van der Waals surface area contributed by atoms with E-state index < -0.39 is 0 Å². The van der Waals surface area contributed by atoms with Crippen LogP contribution in [0.25, 0.3) is 5.57 Å². The highest BCUT2D eigenvalue weighted by atomic mass is 16.5. The number of rotatable bonds is 7. The minimum atomic E-state index is 0. The third-order valence-corrected chi connectivity index (χ3v) is 7.82. The van der Waals surface area contributed by atoms with Crippen LogP contribution in [0.5, 0.6) is 5.75 Å². The lowest BCUT2D eigenvalue weighted by Gasteiger charge is -2.26. The number of carbonyl (C=O) groups excluding carboxylic acids is 1. The summed E-state index contributed by atoms with van der Waals surface area (Å²) in [4.78, 5) is 23.1. The first-order valence-corrected chi connectivity index (χ1v) is 14.6. The van der Waals surface area contributed by atoms with E-state index in [9.17, 15) is 4.79 Å². The zero-order valence-corrected chi connectivity index (χ0v) is 25.1. The van der Waals surface area contributed by atoms with E-state index >= 15 is 0 Å². The molecule has 4 N–H and O–H groups in total. The number of nitriles is 1. The maximum atomic E-state index is 12.7. The van der Waals surface area contributed by atoms with Crippen LogP contribution in [0.4, 0.5) is 5.82 Å². The van der Waals surface area contributed by atoms with Crippen molar-refractivity contribution >= 4 is 23.5 Å². The Morgan fingerprint density at radius 3 is 2.34 bits per heavy atom. The topological polar surface area (TPSA) is 136 Å². The second-order valence-electron chi connectivity index (χ2n) is 11.0. The van der Waals surface area contributed by atoms with E-state index in [1.165, 1.54) is 50.3 Å². The Balaban J connectivity index is 0.000000301. The maximum absolute atomic E-state index is 12.7. The molecule has 1 aromatic carbocycles. The van der Waals surface area contributed by atoms with Crippen molar-refractivity contribution < 1.29 is 15.0 Å². The van der Waals surface area contributed by atoms with E-state index in [-0.39, 0.29) is 23.3 Å². The fourth-order valence-electron chi connectivity index (χ4n) is 5.46. The summed E-state index contributed by atoms with van der Waals surface area (Å²) in [6, 6.07) is 12.2. The van der Waals surface area contributed by atoms with Gasteiger partial charge < -0.3 is 15.9 Å². The van der Waals surface area contributed by atoms with Crippen LogP contribution in [-0.2, 0) is 4.79 Å². The second-order valence-corrected chi connectivity index (χ2v) is 11.0. The van der Waals surface area contributed by atoms with Gasteiger partial charge in [0.25, 0.3) is 0 Å². The minimum absolute atomic E-state index is 0. The van der Waals surface area contributed by atoms with Gasteiger partial charge in [0, 0.05) is 43.2 Å². The smallest absolute Gasteiger partial charge is 0.230 e. The summed E-state index contributed by atoms with van der Waals surface area (Å²) in [5.41, 5.74) is 9.44. The predicted octanol–water partition coefficient (Wildman–Crippen LogP) is 6.19. The molecule has 2 fully saturated rings. The molecule has 0 unspecified atom stereocenters. The zero-order chi connectivity index (χ0) is 28.9. The van der Waals surface area contributed by atoms with Crippen LogP contribution in [0.1, 0.15) is 101 Å². The summed E-state index contributed by atoms with van der Waals surface area (Å²) < 4.78 is 5.16. The number of benzene rings is 1. The van der Waals surface area contributed by atoms with E-state index in [1.807, 2.05) is 38.1 Å². The molecule has 8 heteroatoms. The number of methoxy groups -OCH3 is 1. The van der Waals surface area contributed by atoms with Crippen molar-refractivity contribution in [3.8, 4) is 11.8 Å². The van der Waals surface area contributed by atoms with Gasteiger partial charge in [0.2, 0.25) is 5.91 Å². The SMILES string of the molecule is CC(C)N=C/C(=C\N)c1ccnc(N(C)C(=O)C2CCCCC2)c1.COc1ccc(C2CCCCC2)cc1C#N.O. The van der Waals surface area contributed by atoms with E-state index in [0.717, 1.165) is 36.8 Å². The molecule has 4 rings (SSSR count). The number of hydrogen-bond donors (Lipinski definition) is 1. The number of ether oxygens (including phenoxy) is 1. The Kier molecular flexibility index (Phi) is 14.0. The molecule has 0 saturated heterocycles. The maximum Gasteiger partial charge on any atom is 0.230 e. The first kappa shape index (κ1) is 33.5. The lowest BCUT2D eigenvalue weighted by molar-refractivity contribution is -0.123. The molecule has 2 aliphatic carbocycles. The average molecular weight is 562 g/mol. The van der Waals surface area contributed by atoms with Crippen LogP contribution in [0.2, 0.25) is 0 Å². The molecule has 1 aromatic heterocycles. The summed E-state index contributed by atoms with van der Waals surface area (Å²) >= 11 is 0. The summed E-state index contributed by atoms with van der Waals surface area (Å²) in [7, 11) is 3.41.